The topological polar surface area (TPSA) is 67.9 Å². The zero-order valence-electron chi connectivity index (χ0n) is 18.8. The number of nitrogens with one attached hydrogen (secondary N) is 1. The number of carbonyl (C=O) groups is 2. The summed E-state index contributed by atoms with van der Waals surface area (Å²) in [5, 5.41) is 3.07. The molecule has 1 aliphatic rings. The van der Waals surface area contributed by atoms with Gasteiger partial charge in [0.05, 0.1) is 7.11 Å². The van der Waals surface area contributed by atoms with Gasteiger partial charge in [-0.3, -0.25) is 9.59 Å². The Morgan fingerprint density at radius 3 is 2.29 bits per heavy atom. The van der Waals surface area contributed by atoms with Crippen LogP contribution in [0.1, 0.15) is 55.5 Å². The molecule has 1 N–H and O–H groups in total. The lowest BCUT2D eigenvalue weighted by molar-refractivity contribution is -0.139. The van der Waals surface area contributed by atoms with Crippen LogP contribution in [0.15, 0.2) is 48.5 Å². The van der Waals surface area contributed by atoms with Gasteiger partial charge in [-0.25, -0.2) is 0 Å². The van der Waals surface area contributed by atoms with Crippen molar-refractivity contribution in [1.82, 2.24) is 10.2 Å². The number of rotatable bonds is 7. The average Bonchev–Trinajstić information content (AvgIpc) is 2.79. The maximum atomic E-state index is 12.8. The van der Waals surface area contributed by atoms with Gasteiger partial charge in [0.15, 0.2) is 6.10 Å². The zero-order chi connectivity index (χ0) is 22.4. The molecule has 31 heavy (non-hydrogen) atoms. The van der Waals surface area contributed by atoms with Crippen molar-refractivity contribution < 1.29 is 19.1 Å². The normalized spacial score (nSPS) is 15.5. The summed E-state index contributed by atoms with van der Waals surface area (Å²) >= 11 is 0. The Balaban J connectivity index is 1.48. The summed E-state index contributed by atoms with van der Waals surface area (Å²) in [6, 6.07) is 15.0. The van der Waals surface area contributed by atoms with E-state index in [4.69, 9.17) is 9.47 Å². The number of nitrogens with zero attached hydrogens (tertiary/aromatic N) is 1. The van der Waals surface area contributed by atoms with Crippen LogP contribution >= 0.6 is 0 Å². The Morgan fingerprint density at radius 2 is 1.68 bits per heavy atom. The van der Waals surface area contributed by atoms with Crippen molar-refractivity contribution in [3.8, 4) is 11.5 Å². The molecule has 1 aliphatic heterocycles. The number of likely N-dealkylation sites (tertiary alicyclic amines) is 1. The van der Waals surface area contributed by atoms with Crippen LogP contribution in [-0.2, 0) is 4.79 Å². The number of carbonyl (C=O) groups excluding carboxylic acids is 2. The highest BCUT2D eigenvalue weighted by Crippen LogP contribution is 2.21. The third-order valence-electron chi connectivity index (χ3n) is 5.68. The number of hydrogen-bond donors (Lipinski definition) is 1. The fourth-order valence-electron chi connectivity index (χ4n) is 3.72. The number of hydrogen-bond acceptors (Lipinski definition) is 4. The molecule has 1 unspecified atom stereocenters. The molecule has 2 aromatic rings. The Kier molecular flexibility index (Phi) is 7.55. The van der Waals surface area contributed by atoms with E-state index < -0.39 is 6.10 Å². The highest BCUT2D eigenvalue weighted by Gasteiger charge is 2.28. The van der Waals surface area contributed by atoms with Gasteiger partial charge >= 0.3 is 0 Å². The van der Waals surface area contributed by atoms with Crippen molar-refractivity contribution in [1.29, 1.82) is 0 Å². The van der Waals surface area contributed by atoms with E-state index in [1.54, 1.807) is 32.2 Å². The predicted molar refractivity (Wildman–Crippen MR) is 121 cm³/mol. The van der Waals surface area contributed by atoms with E-state index in [1.165, 1.54) is 5.56 Å². The van der Waals surface area contributed by atoms with Crippen LogP contribution in [0.3, 0.4) is 0 Å². The molecule has 1 fully saturated rings. The lowest BCUT2D eigenvalue weighted by Gasteiger charge is -2.33. The fraction of sp³-hybridized carbons (Fsp3) is 0.440. The first-order valence-electron chi connectivity index (χ1n) is 10.9. The Hall–Kier alpha value is -3.02. The van der Waals surface area contributed by atoms with E-state index in [0.29, 0.717) is 36.1 Å². The Labute approximate surface area is 184 Å². The second-order valence-electron chi connectivity index (χ2n) is 8.29. The van der Waals surface area contributed by atoms with Gasteiger partial charge in [-0.1, -0.05) is 32.0 Å². The van der Waals surface area contributed by atoms with Crippen LogP contribution < -0.4 is 14.8 Å². The summed E-state index contributed by atoms with van der Waals surface area (Å²) in [4.78, 5) is 27.1. The molecule has 0 aliphatic carbocycles. The lowest BCUT2D eigenvalue weighted by atomic mass is 10.0. The Bertz CT molecular complexity index is 887. The highest BCUT2D eigenvalue weighted by molar-refractivity contribution is 5.94. The van der Waals surface area contributed by atoms with Crippen LogP contribution in [0.5, 0.6) is 11.5 Å². The van der Waals surface area contributed by atoms with Gasteiger partial charge in [0.25, 0.3) is 11.8 Å². The van der Waals surface area contributed by atoms with Crippen molar-refractivity contribution in [3.63, 3.8) is 0 Å². The van der Waals surface area contributed by atoms with E-state index in [2.05, 4.69) is 19.2 Å². The number of benzene rings is 2. The van der Waals surface area contributed by atoms with Gasteiger partial charge in [0.2, 0.25) is 0 Å². The van der Waals surface area contributed by atoms with Crippen molar-refractivity contribution in [2.75, 3.05) is 20.2 Å². The molecular weight excluding hydrogens is 392 g/mol. The fourth-order valence-corrected chi connectivity index (χ4v) is 3.72. The monoisotopic (exact) mass is 424 g/mol. The number of piperidine rings is 1. The second-order valence-corrected chi connectivity index (χ2v) is 8.29. The number of ether oxygens (including phenoxy) is 2. The average molecular weight is 425 g/mol. The summed E-state index contributed by atoms with van der Waals surface area (Å²) in [6.45, 7) is 7.27. The van der Waals surface area contributed by atoms with E-state index >= 15 is 0 Å². The molecule has 0 bridgehead atoms. The molecule has 6 nitrogen and oxygen atoms in total. The molecule has 166 valence electrons. The summed E-state index contributed by atoms with van der Waals surface area (Å²) < 4.78 is 11.0. The smallest absolute Gasteiger partial charge is 0.263 e. The molecule has 6 heteroatoms. The standard InChI is InChI=1S/C25H32N2O4/c1-17(2)19-8-10-22(11-9-19)31-18(3)25(29)27-14-12-21(13-15-27)26-24(28)20-6-5-7-23(16-20)30-4/h5-11,16-18,21H,12-15H2,1-4H3,(H,26,28). The lowest BCUT2D eigenvalue weighted by Crippen LogP contribution is -2.49. The third kappa shape index (κ3) is 6.00. The van der Waals surface area contributed by atoms with Crippen LogP contribution in [0.2, 0.25) is 0 Å². The quantitative estimate of drug-likeness (QED) is 0.729. The molecular formula is C25H32N2O4. The third-order valence-corrected chi connectivity index (χ3v) is 5.68. The van der Waals surface area contributed by atoms with Gasteiger partial charge < -0.3 is 19.7 Å². The summed E-state index contributed by atoms with van der Waals surface area (Å²) in [6.07, 6.45) is 0.891. The maximum Gasteiger partial charge on any atom is 0.263 e. The minimum absolute atomic E-state index is 0.0227. The minimum atomic E-state index is -0.548. The second kappa shape index (κ2) is 10.3. The van der Waals surface area contributed by atoms with Gasteiger partial charge in [0, 0.05) is 24.7 Å². The number of methoxy groups -OCH3 is 1. The molecule has 3 rings (SSSR count). The molecule has 2 amide bonds. The Morgan fingerprint density at radius 1 is 1.00 bits per heavy atom. The van der Waals surface area contributed by atoms with Gasteiger partial charge in [-0.2, -0.15) is 0 Å². The zero-order valence-corrected chi connectivity index (χ0v) is 18.8. The van der Waals surface area contributed by atoms with Gasteiger partial charge in [-0.15, -0.1) is 0 Å². The van der Waals surface area contributed by atoms with Crippen molar-refractivity contribution in [3.05, 3.63) is 59.7 Å². The largest absolute Gasteiger partial charge is 0.497 e. The SMILES string of the molecule is COc1cccc(C(=O)NC2CCN(C(=O)C(C)Oc3ccc(C(C)C)cc3)CC2)c1. The molecule has 2 aromatic carbocycles. The first kappa shape index (κ1) is 22.7. The molecule has 1 heterocycles. The van der Waals surface area contributed by atoms with Crippen molar-refractivity contribution in [2.45, 2.75) is 51.7 Å². The number of amides is 2. The van der Waals surface area contributed by atoms with Gasteiger partial charge in [0.1, 0.15) is 11.5 Å². The van der Waals surface area contributed by atoms with E-state index in [1.807, 2.05) is 35.2 Å². The van der Waals surface area contributed by atoms with E-state index in [0.717, 1.165) is 12.8 Å². The van der Waals surface area contributed by atoms with Crippen LogP contribution in [0.4, 0.5) is 0 Å². The summed E-state index contributed by atoms with van der Waals surface area (Å²) in [7, 11) is 1.58. The summed E-state index contributed by atoms with van der Waals surface area (Å²) in [5.41, 5.74) is 1.81. The van der Waals surface area contributed by atoms with E-state index in [-0.39, 0.29) is 17.9 Å². The molecule has 0 radical (unpaired) electrons. The first-order chi connectivity index (χ1) is 14.9. The minimum Gasteiger partial charge on any atom is -0.497 e. The van der Waals surface area contributed by atoms with Crippen LogP contribution in [0, 0.1) is 0 Å². The molecule has 0 aromatic heterocycles. The highest BCUT2D eigenvalue weighted by atomic mass is 16.5. The summed E-state index contributed by atoms with van der Waals surface area (Å²) in [5.74, 6) is 1.67. The molecule has 0 spiro atoms. The maximum absolute atomic E-state index is 12.8. The first-order valence-corrected chi connectivity index (χ1v) is 10.9. The van der Waals surface area contributed by atoms with Gasteiger partial charge in [-0.05, 0) is 61.6 Å². The van der Waals surface area contributed by atoms with Crippen LogP contribution in [-0.4, -0.2) is 49.1 Å². The van der Waals surface area contributed by atoms with E-state index in [9.17, 15) is 9.59 Å². The van der Waals surface area contributed by atoms with Crippen molar-refractivity contribution >= 4 is 11.8 Å². The predicted octanol–water partition coefficient (Wildman–Crippen LogP) is 4.01. The molecule has 1 saturated heterocycles. The molecule has 1 atom stereocenters. The van der Waals surface area contributed by atoms with Crippen molar-refractivity contribution in [2.24, 2.45) is 0 Å². The van der Waals surface area contributed by atoms with Crippen LogP contribution in [0.25, 0.3) is 0 Å². The molecule has 0 saturated carbocycles.